The Hall–Kier alpha value is -3.34. The molecule has 2 aromatic carbocycles. The van der Waals surface area contributed by atoms with E-state index in [4.69, 9.17) is 4.42 Å². The van der Waals surface area contributed by atoms with Crippen molar-refractivity contribution in [3.63, 3.8) is 0 Å². The molecule has 2 heterocycles. The quantitative estimate of drug-likeness (QED) is 0.645. The second-order valence-electron chi connectivity index (χ2n) is 6.91. The zero-order chi connectivity index (χ0) is 19.5. The Kier molecular flexibility index (Phi) is 4.98. The number of anilines is 1. The molecule has 0 saturated carbocycles. The van der Waals surface area contributed by atoms with Gasteiger partial charge in [0.25, 0.3) is 5.91 Å². The van der Waals surface area contributed by atoms with Crippen LogP contribution in [0.5, 0.6) is 0 Å². The van der Waals surface area contributed by atoms with Gasteiger partial charge in [-0.05, 0) is 31.2 Å². The van der Waals surface area contributed by atoms with Gasteiger partial charge in [-0.25, -0.2) is 0 Å². The maximum absolute atomic E-state index is 12.8. The molecule has 5 nitrogen and oxygen atoms in total. The van der Waals surface area contributed by atoms with Crippen LogP contribution < -0.4 is 4.90 Å². The van der Waals surface area contributed by atoms with Crippen LogP contribution in [-0.2, 0) is 0 Å². The minimum atomic E-state index is -0.0840. The number of carbonyl (C=O) groups excluding carboxylic acids is 2. The SMILES string of the molecule is CC(=O)c1ccc(-c2ccc(C(=O)N3CCN(c4ccccc4)CC3)o2)cc1. The van der Waals surface area contributed by atoms with Crippen molar-refractivity contribution in [2.75, 3.05) is 31.1 Å². The highest BCUT2D eigenvalue weighted by Crippen LogP contribution is 2.24. The summed E-state index contributed by atoms with van der Waals surface area (Å²) in [6, 6.07) is 21.0. The summed E-state index contributed by atoms with van der Waals surface area (Å²) in [7, 11) is 0. The van der Waals surface area contributed by atoms with Gasteiger partial charge in [0.15, 0.2) is 11.5 Å². The topological polar surface area (TPSA) is 53.8 Å². The van der Waals surface area contributed by atoms with Crippen molar-refractivity contribution in [2.45, 2.75) is 6.92 Å². The third-order valence-electron chi connectivity index (χ3n) is 5.08. The van der Waals surface area contributed by atoms with Gasteiger partial charge in [-0.2, -0.15) is 0 Å². The number of furan rings is 1. The number of para-hydroxylation sites is 1. The average molecular weight is 374 g/mol. The largest absolute Gasteiger partial charge is 0.451 e. The highest BCUT2D eigenvalue weighted by Gasteiger charge is 2.24. The van der Waals surface area contributed by atoms with E-state index in [1.807, 2.05) is 35.2 Å². The number of amides is 1. The van der Waals surface area contributed by atoms with Gasteiger partial charge in [-0.1, -0.05) is 42.5 Å². The third kappa shape index (κ3) is 3.69. The summed E-state index contributed by atoms with van der Waals surface area (Å²) in [5.41, 5.74) is 2.68. The molecular formula is C23H22N2O3. The molecule has 0 radical (unpaired) electrons. The van der Waals surface area contributed by atoms with Gasteiger partial charge < -0.3 is 14.2 Å². The van der Waals surface area contributed by atoms with E-state index < -0.39 is 0 Å². The molecule has 0 aliphatic carbocycles. The fourth-order valence-corrected chi connectivity index (χ4v) is 3.44. The smallest absolute Gasteiger partial charge is 0.289 e. The Bertz CT molecular complexity index is 969. The molecule has 0 N–H and O–H groups in total. The van der Waals surface area contributed by atoms with Crippen molar-refractivity contribution in [3.05, 3.63) is 78.1 Å². The van der Waals surface area contributed by atoms with Crippen molar-refractivity contribution < 1.29 is 14.0 Å². The molecule has 1 aliphatic heterocycles. The first-order valence-electron chi connectivity index (χ1n) is 9.42. The summed E-state index contributed by atoms with van der Waals surface area (Å²) in [6.45, 7) is 4.47. The monoisotopic (exact) mass is 374 g/mol. The van der Waals surface area contributed by atoms with Gasteiger partial charge in [0.1, 0.15) is 5.76 Å². The van der Waals surface area contributed by atoms with Crippen molar-refractivity contribution in [3.8, 4) is 11.3 Å². The summed E-state index contributed by atoms with van der Waals surface area (Å²) < 4.78 is 5.81. The van der Waals surface area contributed by atoms with E-state index in [0.717, 1.165) is 18.7 Å². The number of hydrogen-bond acceptors (Lipinski definition) is 4. The molecular weight excluding hydrogens is 352 g/mol. The van der Waals surface area contributed by atoms with E-state index in [1.54, 1.807) is 24.3 Å². The highest BCUT2D eigenvalue weighted by molar-refractivity contribution is 5.94. The van der Waals surface area contributed by atoms with Crippen LogP contribution in [0, 0.1) is 0 Å². The molecule has 28 heavy (non-hydrogen) atoms. The molecule has 4 rings (SSSR count). The van der Waals surface area contributed by atoms with Crippen LogP contribution >= 0.6 is 0 Å². The van der Waals surface area contributed by atoms with Gasteiger partial charge in [-0.15, -0.1) is 0 Å². The fourth-order valence-electron chi connectivity index (χ4n) is 3.44. The van der Waals surface area contributed by atoms with Crippen LogP contribution in [0.2, 0.25) is 0 Å². The van der Waals surface area contributed by atoms with Gasteiger partial charge in [0.05, 0.1) is 0 Å². The molecule has 0 spiro atoms. The van der Waals surface area contributed by atoms with Gasteiger partial charge >= 0.3 is 0 Å². The van der Waals surface area contributed by atoms with Gasteiger partial charge in [0, 0.05) is 43.0 Å². The number of benzene rings is 2. The van der Waals surface area contributed by atoms with Gasteiger partial charge in [-0.3, -0.25) is 9.59 Å². The predicted octanol–water partition coefficient (Wildman–Crippen LogP) is 4.11. The Morgan fingerprint density at radius 3 is 2.14 bits per heavy atom. The summed E-state index contributed by atoms with van der Waals surface area (Å²) >= 11 is 0. The van der Waals surface area contributed by atoms with E-state index in [1.165, 1.54) is 12.6 Å². The standard InChI is InChI=1S/C23H22N2O3/c1-17(26)18-7-9-19(10-8-18)21-11-12-22(28-21)23(27)25-15-13-24(14-16-25)20-5-3-2-4-6-20/h2-12H,13-16H2,1H3. The maximum Gasteiger partial charge on any atom is 0.289 e. The maximum atomic E-state index is 12.8. The number of carbonyl (C=O) groups is 2. The predicted molar refractivity (Wildman–Crippen MR) is 109 cm³/mol. The second-order valence-corrected chi connectivity index (χ2v) is 6.91. The molecule has 0 atom stereocenters. The molecule has 1 aromatic heterocycles. The minimum Gasteiger partial charge on any atom is -0.451 e. The van der Waals surface area contributed by atoms with Crippen LogP contribution in [-0.4, -0.2) is 42.8 Å². The molecule has 1 fully saturated rings. The normalized spacial score (nSPS) is 14.2. The minimum absolute atomic E-state index is 0.0245. The molecule has 1 saturated heterocycles. The Morgan fingerprint density at radius 2 is 1.50 bits per heavy atom. The van der Waals surface area contributed by atoms with Crippen LogP contribution in [0.15, 0.2) is 71.1 Å². The van der Waals surface area contributed by atoms with Crippen LogP contribution in [0.25, 0.3) is 11.3 Å². The lowest BCUT2D eigenvalue weighted by Gasteiger charge is -2.35. The number of rotatable bonds is 4. The molecule has 142 valence electrons. The number of hydrogen-bond donors (Lipinski definition) is 0. The summed E-state index contributed by atoms with van der Waals surface area (Å²) in [4.78, 5) is 28.3. The molecule has 5 heteroatoms. The zero-order valence-electron chi connectivity index (χ0n) is 15.8. The van der Waals surface area contributed by atoms with E-state index in [0.29, 0.717) is 30.2 Å². The fraction of sp³-hybridized carbons (Fsp3) is 0.217. The first-order valence-corrected chi connectivity index (χ1v) is 9.42. The van der Waals surface area contributed by atoms with E-state index in [9.17, 15) is 9.59 Å². The lowest BCUT2D eigenvalue weighted by Crippen LogP contribution is -2.48. The van der Waals surface area contributed by atoms with Crippen LogP contribution in [0.3, 0.4) is 0 Å². The first kappa shape index (κ1) is 18.0. The van der Waals surface area contributed by atoms with Crippen LogP contribution in [0.4, 0.5) is 5.69 Å². The number of piperazine rings is 1. The molecule has 0 bridgehead atoms. The number of Topliss-reactive ketones (excluding diaryl/α,β-unsaturated/α-hetero) is 1. The second kappa shape index (κ2) is 7.72. The third-order valence-corrected chi connectivity index (χ3v) is 5.08. The summed E-state index contributed by atoms with van der Waals surface area (Å²) in [6.07, 6.45) is 0. The molecule has 1 amide bonds. The molecule has 1 aliphatic rings. The van der Waals surface area contributed by atoms with E-state index in [-0.39, 0.29) is 11.7 Å². The first-order chi connectivity index (χ1) is 13.6. The van der Waals surface area contributed by atoms with E-state index in [2.05, 4.69) is 17.0 Å². The lowest BCUT2D eigenvalue weighted by atomic mass is 10.1. The number of nitrogens with zero attached hydrogens (tertiary/aromatic N) is 2. The van der Waals surface area contributed by atoms with Crippen molar-refractivity contribution in [2.24, 2.45) is 0 Å². The highest BCUT2D eigenvalue weighted by atomic mass is 16.4. The van der Waals surface area contributed by atoms with Crippen molar-refractivity contribution >= 4 is 17.4 Å². The van der Waals surface area contributed by atoms with Crippen LogP contribution in [0.1, 0.15) is 27.8 Å². The Morgan fingerprint density at radius 1 is 0.821 bits per heavy atom. The van der Waals surface area contributed by atoms with E-state index >= 15 is 0 Å². The lowest BCUT2D eigenvalue weighted by molar-refractivity contribution is 0.0715. The van der Waals surface area contributed by atoms with Gasteiger partial charge in [0.2, 0.25) is 0 Å². The summed E-state index contributed by atoms with van der Waals surface area (Å²) in [5.74, 6) is 0.913. The summed E-state index contributed by atoms with van der Waals surface area (Å²) in [5, 5.41) is 0. The Labute approximate surface area is 164 Å². The zero-order valence-corrected chi connectivity index (χ0v) is 15.8. The molecule has 0 unspecified atom stereocenters. The Balaban J connectivity index is 1.41. The van der Waals surface area contributed by atoms with Crippen molar-refractivity contribution in [1.29, 1.82) is 0 Å². The average Bonchev–Trinajstić information content (AvgIpc) is 3.24. The molecule has 3 aromatic rings. The number of ketones is 1. The van der Waals surface area contributed by atoms with Crippen molar-refractivity contribution in [1.82, 2.24) is 4.90 Å².